The summed E-state index contributed by atoms with van der Waals surface area (Å²) in [4.78, 5) is 5.25. The molecule has 0 spiro atoms. The molecule has 1 aliphatic carbocycles. The molecule has 0 amide bonds. The van der Waals surface area contributed by atoms with Crippen molar-refractivity contribution in [2.24, 2.45) is 5.92 Å². The van der Waals surface area contributed by atoms with Gasteiger partial charge in [0.05, 0.1) is 21.3 Å². The van der Waals surface area contributed by atoms with E-state index in [-0.39, 0.29) is 0 Å². The van der Waals surface area contributed by atoms with E-state index in [1.165, 1.54) is 38.8 Å². The van der Waals surface area contributed by atoms with Crippen molar-refractivity contribution in [2.75, 3.05) is 47.5 Å². The molecule has 2 fully saturated rings. The van der Waals surface area contributed by atoms with E-state index in [9.17, 15) is 0 Å². The molecule has 2 aliphatic rings. The Balaban J connectivity index is 1.62. The van der Waals surface area contributed by atoms with Crippen LogP contribution in [-0.2, 0) is 6.54 Å². The fourth-order valence-corrected chi connectivity index (χ4v) is 4.62. The quantitative estimate of drug-likeness (QED) is 0.775. The predicted octanol–water partition coefficient (Wildman–Crippen LogP) is 3.41. The van der Waals surface area contributed by atoms with E-state index in [0.29, 0.717) is 11.5 Å². The number of nitrogens with zero attached hydrogens (tertiary/aromatic N) is 2. The number of rotatable bonds is 6. The van der Waals surface area contributed by atoms with Crippen LogP contribution in [0.25, 0.3) is 0 Å². The molecule has 1 aliphatic heterocycles. The average Bonchev–Trinajstić information content (AvgIpc) is 2.68. The number of methoxy groups -OCH3 is 3. The third-order valence-electron chi connectivity index (χ3n) is 6.12. The fraction of sp³-hybridized carbons (Fsp3) is 0.714. The van der Waals surface area contributed by atoms with Crippen LogP contribution in [0.15, 0.2) is 12.1 Å². The molecule has 146 valence electrons. The summed E-state index contributed by atoms with van der Waals surface area (Å²) in [6.07, 6.45) is 5.59. The summed E-state index contributed by atoms with van der Waals surface area (Å²) in [5.74, 6) is 3.03. The minimum absolute atomic E-state index is 0.683. The number of hydrogen-bond donors (Lipinski definition) is 0. The maximum absolute atomic E-state index is 5.64. The molecule has 0 N–H and O–H groups in total. The summed E-state index contributed by atoms with van der Waals surface area (Å²) in [5.41, 5.74) is 1.16. The van der Waals surface area contributed by atoms with Crippen molar-refractivity contribution in [3.05, 3.63) is 17.7 Å². The minimum Gasteiger partial charge on any atom is -0.493 e. The standard InChI is InChI=1S/C21H34N2O3/c1-16-7-5-6-8-18(16)23-13-11-22(12-14-23)15-17-9-10-19(24-2)21(26-4)20(17)25-3/h9-10,16,18H,5-8,11-15H2,1-4H3/t16-,18+/m1/s1. The van der Waals surface area contributed by atoms with Crippen molar-refractivity contribution in [1.29, 1.82) is 0 Å². The summed E-state index contributed by atoms with van der Waals surface area (Å²) in [6, 6.07) is 4.85. The highest BCUT2D eigenvalue weighted by atomic mass is 16.5. The molecule has 0 aromatic heterocycles. The van der Waals surface area contributed by atoms with E-state index >= 15 is 0 Å². The van der Waals surface area contributed by atoms with Gasteiger partial charge in [-0.05, 0) is 24.8 Å². The van der Waals surface area contributed by atoms with Gasteiger partial charge in [0.15, 0.2) is 11.5 Å². The minimum atomic E-state index is 0.683. The van der Waals surface area contributed by atoms with Gasteiger partial charge in [0, 0.05) is 44.3 Å². The van der Waals surface area contributed by atoms with Gasteiger partial charge in [0.2, 0.25) is 5.75 Å². The van der Waals surface area contributed by atoms with Crippen LogP contribution in [0.4, 0.5) is 0 Å². The Morgan fingerprint density at radius 2 is 1.58 bits per heavy atom. The highest BCUT2D eigenvalue weighted by Crippen LogP contribution is 2.40. The lowest BCUT2D eigenvalue weighted by molar-refractivity contribution is 0.0515. The zero-order valence-corrected chi connectivity index (χ0v) is 16.8. The van der Waals surface area contributed by atoms with Crippen molar-refractivity contribution >= 4 is 0 Å². The van der Waals surface area contributed by atoms with Gasteiger partial charge in [-0.15, -0.1) is 0 Å². The van der Waals surface area contributed by atoms with Crippen LogP contribution in [0.2, 0.25) is 0 Å². The third kappa shape index (κ3) is 4.09. The first-order valence-electron chi connectivity index (χ1n) is 9.92. The monoisotopic (exact) mass is 362 g/mol. The van der Waals surface area contributed by atoms with Crippen molar-refractivity contribution in [3.63, 3.8) is 0 Å². The Hall–Kier alpha value is -1.46. The molecular formula is C21H34N2O3. The van der Waals surface area contributed by atoms with Gasteiger partial charge in [-0.25, -0.2) is 0 Å². The topological polar surface area (TPSA) is 34.2 Å². The summed E-state index contributed by atoms with van der Waals surface area (Å²) in [5, 5.41) is 0. The molecular weight excluding hydrogens is 328 g/mol. The number of benzene rings is 1. The molecule has 1 saturated heterocycles. The van der Waals surface area contributed by atoms with Gasteiger partial charge in [0.1, 0.15) is 0 Å². The van der Waals surface area contributed by atoms with Crippen LogP contribution < -0.4 is 14.2 Å². The first-order valence-corrected chi connectivity index (χ1v) is 9.92. The lowest BCUT2D eigenvalue weighted by Gasteiger charge is -2.43. The molecule has 3 rings (SSSR count). The zero-order chi connectivity index (χ0) is 18.5. The molecule has 1 heterocycles. The van der Waals surface area contributed by atoms with Crippen LogP contribution in [0.3, 0.4) is 0 Å². The molecule has 5 heteroatoms. The average molecular weight is 363 g/mol. The number of ether oxygens (including phenoxy) is 3. The van der Waals surface area contributed by atoms with Gasteiger partial charge < -0.3 is 14.2 Å². The molecule has 2 atom stereocenters. The first-order chi connectivity index (χ1) is 12.7. The maximum atomic E-state index is 5.64. The smallest absolute Gasteiger partial charge is 0.203 e. The number of piperazine rings is 1. The van der Waals surface area contributed by atoms with Gasteiger partial charge in [-0.1, -0.05) is 25.8 Å². The second kappa shape index (κ2) is 8.96. The van der Waals surface area contributed by atoms with E-state index in [2.05, 4.69) is 22.8 Å². The van der Waals surface area contributed by atoms with E-state index in [1.54, 1.807) is 21.3 Å². The van der Waals surface area contributed by atoms with Crippen LogP contribution >= 0.6 is 0 Å². The molecule has 26 heavy (non-hydrogen) atoms. The second-order valence-corrected chi connectivity index (χ2v) is 7.63. The molecule has 1 aromatic carbocycles. The molecule has 1 aromatic rings. The third-order valence-corrected chi connectivity index (χ3v) is 6.12. The lowest BCUT2D eigenvalue weighted by atomic mass is 9.84. The van der Waals surface area contributed by atoms with Crippen molar-refractivity contribution in [2.45, 2.75) is 45.2 Å². The molecule has 0 unspecified atom stereocenters. The second-order valence-electron chi connectivity index (χ2n) is 7.63. The fourth-order valence-electron chi connectivity index (χ4n) is 4.62. The van der Waals surface area contributed by atoms with Crippen molar-refractivity contribution in [3.8, 4) is 17.2 Å². The van der Waals surface area contributed by atoms with Crippen LogP contribution in [0.5, 0.6) is 17.2 Å². The van der Waals surface area contributed by atoms with E-state index < -0.39 is 0 Å². The summed E-state index contributed by atoms with van der Waals surface area (Å²) in [6.45, 7) is 7.89. The Morgan fingerprint density at radius 1 is 0.885 bits per heavy atom. The predicted molar refractivity (Wildman–Crippen MR) is 104 cm³/mol. The zero-order valence-electron chi connectivity index (χ0n) is 16.8. The van der Waals surface area contributed by atoms with Crippen LogP contribution in [0.1, 0.15) is 38.2 Å². The Kier molecular flexibility index (Phi) is 6.65. The summed E-state index contributed by atoms with van der Waals surface area (Å²) < 4.78 is 16.5. The first kappa shape index (κ1) is 19.3. The number of hydrogen-bond acceptors (Lipinski definition) is 5. The van der Waals surface area contributed by atoms with E-state index in [1.807, 2.05) is 6.07 Å². The Bertz CT molecular complexity index is 585. The van der Waals surface area contributed by atoms with Crippen LogP contribution in [-0.4, -0.2) is 63.4 Å². The van der Waals surface area contributed by atoms with Gasteiger partial charge in [-0.2, -0.15) is 0 Å². The summed E-state index contributed by atoms with van der Waals surface area (Å²) in [7, 11) is 5.01. The maximum Gasteiger partial charge on any atom is 0.203 e. The SMILES string of the molecule is COc1ccc(CN2CCN([C@H]3CCCC[C@H]3C)CC2)c(OC)c1OC. The van der Waals surface area contributed by atoms with Gasteiger partial charge in [0.25, 0.3) is 0 Å². The largest absolute Gasteiger partial charge is 0.493 e. The van der Waals surface area contributed by atoms with Crippen molar-refractivity contribution in [1.82, 2.24) is 9.80 Å². The lowest BCUT2D eigenvalue weighted by Crippen LogP contribution is -2.52. The molecule has 0 bridgehead atoms. The Labute approximate surface area is 158 Å². The van der Waals surface area contributed by atoms with Gasteiger partial charge >= 0.3 is 0 Å². The molecule has 5 nitrogen and oxygen atoms in total. The molecule has 1 saturated carbocycles. The van der Waals surface area contributed by atoms with Gasteiger partial charge in [-0.3, -0.25) is 9.80 Å². The Morgan fingerprint density at radius 3 is 2.19 bits per heavy atom. The highest BCUT2D eigenvalue weighted by Gasteiger charge is 2.30. The van der Waals surface area contributed by atoms with Crippen LogP contribution in [0, 0.1) is 5.92 Å². The van der Waals surface area contributed by atoms with E-state index in [4.69, 9.17) is 14.2 Å². The normalized spacial score (nSPS) is 25.1. The van der Waals surface area contributed by atoms with Crippen molar-refractivity contribution < 1.29 is 14.2 Å². The van der Waals surface area contributed by atoms with E-state index in [0.717, 1.165) is 42.9 Å². The highest BCUT2D eigenvalue weighted by molar-refractivity contribution is 5.55. The molecule has 0 radical (unpaired) electrons. The summed E-state index contributed by atoms with van der Waals surface area (Å²) >= 11 is 0.